The average molecular weight is 417 g/mol. The SMILES string of the molecule is Cc1nc(N2CCN(C(CO)c3ccc(Cl)cc3)CC2)sc1S(N)(=O)=O. The highest BCUT2D eigenvalue weighted by Gasteiger charge is 2.27. The van der Waals surface area contributed by atoms with Crippen molar-refractivity contribution in [2.75, 3.05) is 37.7 Å². The minimum Gasteiger partial charge on any atom is -0.394 e. The largest absolute Gasteiger partial charge is 0.394 e. The monoisotopic (exact) mass is 416 g/mol. The van der Waals surface area contributed by atoms with Crippen LogP contribution in [-0.4, -0.2) is 56.2 Å². The second kappa shape index (κ2) is 7.79. The van der Waals surface area contributed by atoms with Crippen LogP contribution in [0.4, 0.5) is 5.13 Å². The van der Waals surface area contributed by atoms with E-state index >= 15 is 0 Å². The van der Waals surface area contributed by atoms with Crippen molar-refractivity contribution in [2.45, 2.75) is 17.2 Å². The molecule has 0 bridgehead atoms. The van der Waals surface area contributed by atoms with E-state index in [0.29, 0.717) is 28.9 Å². The zero-order valence-electron chi connectivity index (χ0n) is 14.3. The van der Waals surface area contributed by atoms with Gasteiger partial charge in [-0.25, -0.2) is 18.5 Å². The predicted molar refractivity (Wildman–Crippen MR) is 103 cm³/mol. The Bertz CT molecular complexity index is 862. The molecule has 1 aliphatic heterocycles. The van der Waals surface area contributed by atoms with E-state index < -0.39 is 10.0 Å². The Kier molecular flexibility index (Phi) is 5.85. The number of aliphatic hydroxyl groups excluding tert-OH is 1. The minimum atomic E-state index is -3.74. The third-order valence-corrected chi connectivity index (χ3v) is 7.48. The molecule has 1 unspecified atom stereocenters. The summed E-state index contributed by atoms with van der Waals surface area (Å²) in [7, 11) is -3.74. The first-order valence-electron chi connectivity index (χ1n) is 8.15. The number of halogens is 1. The first-order valence-corrected chi connectivity index (χ1v) is 10.9. The Morgan fingerprint density at radius 3 is 2.38 bits per heavy atom. The van der Waals surface area contributed by atoms with Crippen molar-refractivity contribution in [2.24, 2.45) is 5.14 Å². The number of anilines is 1. The fraction of sp³-hybridized carbons (Fsp3) is 0.438. The summed E-state index contributed by atoms with van der Waals surface area (Å²) >= 11 is 7.04. The Hall–Kier alpha value is -1.23. The Labute approximate surface area is 162 Å². The molecule has 26 heavy (non-hydrogen) atoms. The second-order valence-electron chi connectivity index (χ2n) is 6.19. The molecule has 2 aromatic rings. The predicted octanol–water partition coefficient (Wildman–Crippen LogP) is 1.61. The van der Waals surface area contributed by atoms with Crippen LogP contribution >= 0.6 is 22.9 Å². The van der Waals surface area contributed by atoms with Gasteiger partial charge in [-0.2, -0.15) is 0 Å². The van der Waals surface area contributed by atoms with Crippen molar-refractivity contribution in [3.8, 4) is 0 Å². The van der Waals surface area contributed by atoms with Crippen LogP contribution < -0.4 is 10.0 Å². The molecule has 10 heteroatoms. The van der Waals surface area contributed by atoms with Crippen molar-refractivity contribution < 1.29 is 13.5 Å². The fourth-order valence-corrected chi connectivity index (χ4v) is 5.23. The van der Waals surface area contributed by atoms with Crippen LogP contribution in [0.5, 0.6) is 0 Å². The highest BCUT2D eigenvalue weighted by Crippen LogP contribution is 2.31. The number of aromatic nitrogens is 1. The molecule has 1 atom stereocenters. The summed E-state index contributed by atoms with van der Waals surface area (Å²) in [6.45, 7) is 4.53. The molecule has 1 aromatic carbocycles. The van der Waals surface area contributed by atoms with Gasteiger partial charge in [0.1, 0.15) is 0 Å². The third kappa shape index (κ3) is 4.19. The van der Waals surface area contributed by atoms with Crippen molar-refractivity contribution in [1.29, 1.82) is 0 Å². The summed E-state index contributed by atoms with van der Waals surface area (Å²) in [5.74, 6) is 0. The van der Waals surface area contributed by atoms with Gasteiger partial charge < -0.3 is 10.0 Å². The molecule has 3 N–H and O–H groups in total. The van der Waals surface area contributed by atoms with Crippen LogP contribution in [0.25, 0.3) is 0 Å². The van der Waals surface area contributed by atoms with Gasteiger partial charge in [-0.3, -0.25) is 4.90 Å². The van der Waals surface area contributed by atoms with Crippen LogP contribution in [-0.2, 0) is 10.0 Å². The van der Waals surface area contributed by atoms with E-state index in [2.05, 4.69) is 14.8 Å². The highest BCUT2D eigenvalue weighted by atomic mass is 35.5. The maximum absolute atomic E-state index is 11.6. The number of aliphatic hydroxyl groups is 1. The molecule has 3 rings (SSSR count). The summed E-state index contributed by atoms with van der Waals surface area (Å²) in [4.78, 5) is 8.63. The van der Waals surface area contributed by atoms with Crippen LogP contribution in [0.15, 0.2) is 28.5 Å². The quantitative estimate of drug-likeness (QED) is 0.768. The number of aryl methyl sites for hydroxylation is 1. The van der Waals surface area contributed by atoms with E-state index in [1.165, 1.54) is 0 Å². The van der Waals surface area contributed by atoms with E-state index in [-0.39, 0.29) is 16.9 Å². The lowest BCUT2D eigenvalue weighted by Gasteiger charge is -2.38. The van der Waals surface area contributed by atoms with Crippen LogP contribution in [0.1, 0.15) is 17.3 Å². The zero-order valence-corrected chi connectivity index (χ0v) is 16.7. The molecular formula is C16H21ClN4O3S2. The van der Waals surface area contributed by atoms with Gasteiger partial charge in [-0.15, -0.1) is 0 Å². The van der Waals surface area contributed by atoms with Gasteiger partial charge in [-0.1, -0.05) is 35.1 Å². The van der Waals surface area contributed by atoms with Gasteiger partial charge in [0.25, 0.3) is 0 Å². The van der Waals surface area contributed by atoms with E-state index in [9.17, 15) is 13.5 Å². The number of rotatable bonds is 5. The number of hydrogen-bond acceptors (Lipinski definition) is 7. The number of sulfonamides is 1. The van der Waals surface area contributed by atoms with Gasteiger partial charge in [0, 0.05) is 31.2 Å². The van der Waals surface area contributed by atoms with Gasteiger partial charge in [-0.05, 0) is 24.6 Å². The third-order valence-electron chi connectivity index (χ3n) is 4.45. The summed E-state index contributed by atoms with van der Waals surface area (Å²) in [5.41, 5.74) is 1.45. The van der Waals surface area contributed by atoms with Gasteiger partial charge in [0.05, 0.1) is 18.3 Å². The van der Waals surface area contributed by atoms with E-state index in [4.69, 9.17) is 16.7 Å². The number of primary sulfonamides is 1. The van der Waals surface area contributed by atoms with Gasteiger partial charge in [0.2, 0.25) is 10.0 Å². The molecule has 0 radical (unpaired) electrons. The van der Waals surface area contributed by atoms with Crippen LogP contribution in [0, 0.1) is 6.92 Å². The molecule has 1 saturated heterocycles. The first-order chi connectivity index (χ1) is 12.3. The molecule has 0 spiro atoms. The number of thiazole rings is 1. The molecule has 1 fully saturated rings. The second-order valence-corrected chi connectivity index (χ2v) is 9.36. The van der Waals surface area contributed by atoms with E-state index in [0.717, 1.165) is 30.0 Å². The number of nitrogens with two attached hydrogens (primary N) is 1. The van der Waals surface area contributed by atoms with Gasteiger partial charge >= 0.3 is 0 Å². The lowest BCUT2D eigenvalue weighted by molar-refractivity contribution is 0.117. The topological polar surface area (TPSA) is 99.8 Å². The molecule has 2 heterocycles. The van der Waals surface area contributed by atoms with Gasteiger partial charge in [0.15, 0.2) is 9.34 Å². The first kappa shape index (κ1) is 19.5. The normalized spacial score (nSPS) is 17.5. The fourth-order valence-electron chi connectivity index (χ4n) is 3.11. The van der Waals surface area contributed by atoms with Crippen molar-refractivity contribution in [1.82, 2.24) is 9.88 Å². The molecule has 1 aliphatic rings. The van der Waals surface area contributed by atoms with Crippen molar-refractivity contribution in [3.05, 3.63) is 40.5 Å². The van der Waals surface area contributed by atoms with Crippen LogP contribution in [0.3, 0.4) is 0 Å². The summed E-state index contributed by atoms with van der Waals surface area (Å²) < 4.78 is 23.3. The zero-order chi connectivity index (χ0) is 18.9. The number of piperazine rings is 1. The highest BCUT2D eigenvalue weighted by molar-refractivity contribution is 7.91. The molecule has 0 amide bonds. The van der Waals surface area contributed by atoms with Crippen molar-refractivity contribution in [3.63, 3.8) is 0 Å². The maximum Gasteiger partial charge on any atom is 0.249 e. The Morgan fingerprint density at radius 2 is 1.88 bits per heavy atom. The molecule has 1 aromatic heterocycles. The lowest BCUT2D eigenvalue weighted by Crippen LogP contribution is -2.48. The minimum absolute atomic E-state index is 0.0214. The summed E-state index contributed by atoms with van der Waals surface area (Å²) in [6.07, 6.45) is 0. The van der Waals surface area contributed by atoms with E-state index in [1.54, 1.807) is 6.92 Å². The number of hydrogen-bond donors (Lipinski definition) is 2. The standard InChI is InChI=1S/C16H21ClN4O3S2/c1-11-15(26(18,23)24)25-16(19-11)21-8-6-20(7-9-21)14(10-22)12-2-4-13(17)5-3-12/h2-5,14,22H,6-10H2,1H3,(H2,18,23,24). The lowest BCUT2D eigenvalue weighted by atomic mass is 10.1. The molecule has 7 nitrogen and oxygen atoms in total. The Balaban J connectivity index is 1.70. The van der Waals surface area contributed by atoms with Crippen LogP contribution in [0.2, 0.25) is 5.02 Å². The number of nitrogens with zero attached hydrogens (tertiary/aromatic N) is 3. The molecule has 0 aliphatic carbocycles. The smallest absolute Gasteiger partial charge is 0.249 e. The summed E-state index contributed by atoms with van der Waals surface area (Å²) in [6, 6.07) is 7.41. The Morgan fingerprint density at radius 1 is 1.27 bits per heavy atom. The molecule has 0 saturated carbocycles. The number of benzene rings is 1. The maximum atomic E-state index is 11.6. The molecular weight excluding hydrogens is 396 g/mol. The van der Waals surface area contributed by atoms with Crippen molar-refractivity contribution >= 4 is 38.1 Å². The summed E-state index contributed by atoms with van der Waals surface area (Å²) in [5, 5.41) is 16.4. The molecule has 142 valence electrons. The average Bonchev–Trinajstić information content (AvgIpc) is 3.00. The van der Waals surface area contributed by atoms with E-state index in [1.807, 2.05) is 24.3 Å².